The van der Waals surface area contributed by atoms with Crippen molar-refractivity contribution >= 4 is 0 Å². The number of rotatable bonds is 2. The molecule has 0 spiro atoms. The third-order valence-electron chi connectivity index (χ3n) is 5.11. The number of fused-ring (bicyclic) bond motifs is 3. The van der Waals surface area contributed by atoms with Gasteiger partial charge in [0.1, 0.15) is 11.4 Å². The highest BCUT2D eigenvalue weighted by Crippen LogP contribution is 2.51. The Hall–Kier alpha value is -1.74. The predicted octanol–water partition coefficient (Wildman–Crippen LogP) is 4.95. The van der Waals surface area contributed by atoms with Gasteiger partial charge in [0.15, 0.2) is 0 Å². The second kappa shape index (κ2) is 9.10. The Kier molecular flexibility index (Phi) is 7.75. The monoisotopic (exact) mass is 345 g/mol. The van der Waals surface area contributed by atoms with E-state index in [1.807, 2.05) is 13.8 Å². The first kappa shape index (κ1) is 21.3. The average Bonchev–Trinajstić information content (AvgIpc) is 2.63. The van der Waals surface area contributed by atoms with E-state index in [2.05, 4.69) is 51.6 Å². The molecule has 0 aromatic heterocycles. The summed E-state index contributed by atoms with van der Waals surface area (Å²) >= 11 is 0. The minimum atomic E-state index is -0.137. The van der Waals surface area contributed by atoms with Gasteiger partial charge >= 0.3 is 0 Å². The third kappa shape index (κ3) is 4.46. The van der Waals surface area contributed by atoms with Crippen molar-refractivity contribution in [1.82, 2.24) is 0 Å². The zero-order valence-electron chi connectivity index (χ0n) is 16.7. The van der Waals surface area contributed by atoms with Gasteiger partial charge < -0.3 is 15.6 Å². The smallest absolute Gasteiger partial charge is 0.123 e. The van der Waals surface area contributed by atoms with Crippen LogP contribution in [0.4, 0.5) is 0 Å². The van der Waals surface area contributed by atoms with Crippen molar-refractivity contribution in [3.05, 3.63) is 53.3 Å². The molecule has 0 saturated heterocycles. The quantitative estimate of drug-likeness (QED) is 0.797. The van der Waals surface area contributed by atoms with Crippen LogP contribution in [0.15, 0.2) is 42.1 Å². The molecule has 1 aromatic carbocycles. The number of benzene rings is 1. The molecule has 1 aliphatic carbocycles. The number of hydrogen-bond donors (Lipinski definition) is 2. The van der Waals surface area contributed by atoms with Gasteiger partial charge in [0.2, 0.25) is 0 Å². The van der Waals surface area contributed by atoms with Gasteiger partial charge in [0, 0.05) is 18.7 Å². The van der Waals surface area contributed by atoms with E-state index < -0.39 is 0 Å². The SMILES string of the molecule is C=C(N)C1=CCC2C(C1)c1ccc(CC)cc1OC2(C)C.CC.CO. The zero-order chi connectivity index (χ0) is 19.2. The average molecular weight is 346 g/mol. The molecule has 2 atom stereocenters. The summed E-state index contributed by atoms with van der Waals surface area (Å²) in [6.07, 6.45) is 5.28. The van der Waals surface area contributed by atoms with Crippen molar-refractivity contribution in [3.63, 3.8) is 0 Å². The molecular formula is C22H35NO2. The highest BCUT2D eigenvalue weighted by Gasteiger charge is 2.44. The fourth-order valence-electron chi connectivity index (χ4n) is 3.81. The lowest BCUT2D eigenvalue weighted by molar-refractivity contribution is 0.00862. The van der Waals surface area contributed by atoms with Crippen molar-refractivity contribution in [3.8, 4) is 5.75 Å². The second-order valence-corrected chi connectivity index (χ2v) is 6.84. The van der Waals surface area contributed by atoms with Crippen LogP contribution in [0.3, 0.4) is 0 Å². The highest BCUT2D eigenvalue weighted by atomic mass is 16.5. The van der Waals surface area contributed by atoms with Gasteiger partial charge in [0.05, 0.1) is 0 Å². The number of hydrogen-bond acceptors (Lipinski definition) is 3. The van der Waals surface area contributed by atoms with E-state index in [1.165, 1.54) is 16.7 Å². The molecule has 3 nitrogen and oxygen atoms in total. The molecule has 3 heteroatoms. The first-order valence-electron chi connectivity index (χ1n) is 9.32. The minimum Gasteiger partial charge on any atom is -0.487 e. The van der Waals surface area contributed by atoms with Crippen LogP contribution in [0.25, 0.3) is 0 Å². The van der Waals surface area contributed by atoms with Crippen molar-refractivity contribution in [2.45, 2.75) is 65.4 Å². The van der Waals surface area contributed by atoms with E-state index >= 15 is 0 Å². The van der Waals surface area contributed by atoms with Gasteiger partial charge in [-0.2, -0.15) is 0 Å². The second-order valence-electron chi connectivity index (χ2n) is 6.84. The van der Waals surface area contributed by atoms with Gasteiger partial charge in [-0.3, -0.25) is 0 Å². The topological polar surface area (TPSA) is 55.5 Å². The molecule has 140 valence electrons. The van der Waals surface area contributed by atoms with E-state index in [1.54, 1.807) is 0 Å². The normalized spacial score (nSPS) is 22.4. The third-order valence-corrected chi connectivity index (χ3v) is 5.11. The van der Waals surface area contributed by atoms with Crippen molar-refractivity contribution in [2.75, 3.05) is 7.11 Å². The Morgan fingerprint density at radius 2 is 1.96 bits per heavy atom. The maximum absolute atomic E-state index is 7.00. The molecule has 3 rings (SSSR count). The number of aryl methyl sites for hydroxylation is 1. The summed E-state index contributed by atoms with van der Waals surface area (Å²) in [4.78, 5) is 0. The van der Waals surface area contributed by atoms with Crippen LogP contribution in [0, 0.1) is 5.92 Å². The number of ether oxygens (including phenoxy) is 1. The summed E-state index contributed by atoms with van der Waals surface area (Å²) < 4.78 is 6.34. The Balaban J connectivity index is 0.000000730. The molecule has 2 unspecified atom stereocenters. The summed E-state index contributed by atoms with van der Waals surface area (Å²) in [7, 11) is 1.00. The Morgan fingerprint density at radius 3 is 2.52 bits per heavy atom. The number of aliphatic hydroxyl groups is 1. The van der Waals surface area contributed by atoms with E-state index in [4.69, 9.17) is 15.6 Å². The predicted molar refractivity (Wildman–Crippen MR) is 107 cm³/mol. The van der Waals surface area contributed by atoms with Crippen molar-refractivity contribution < 1.29 is 9.84 Å². The van der Waals surface area contributed by atoms with Gasteiger partial charge in [0.25, 0.3) is 0 Å². The molecule has 1 heterocycles. The Morgan fingerprint density at radius 1 is 1.32 bits per heavy atom. The van der Waals surface area contributed by atoms with Gasteiger partial charge in [-0.25, -0.2) is 0 Å². The largest absolute Gasteiger partial charge is 0.487 e. The lowest BCUT2D eigenvalue weighted by atomic mass is 9.67. The molecule has 3 N–H and O–H groups in total. The van der Waals surface area contributed by atoms with Gasteiger partial charge in [-0.05, 0) is 61.8 Å². The molecule has 0 bridgehead atoms. The van der Waals surface area contributed by atoms with Crippen LogP contribution in [-0.4, -0.2) is 17.8 Å². The maximum Gasteiger partial charge on any atom is 0.123 e. The van der Waals surface area contributed by atoms with Gasteiger partial charge in [-0.15, -0.1) is 0 Å². The molecule has 0 fully saturated rings. The van der Waals surface area contributed by atoms with Crippen LogP contribution in [-0.2, 0) is 6.42 Å². The van der Waals surface area contributed by atoms with Crippen molar-refractivity contribution in [1.29, 1.82) is 0 Å². The molecule has 0 saturated carbocycles. The maximum atomic E-state index is 7.00. The molecule has 0 amide bonds. The highest BCUT2D eigenvalue weighted by molar-refractivity contribution is 5.46. The molecule has 1 aromatic rings. The molecule has 1 aliphatic heterocycles. The standard InChI is InChI=1S/C19H25NO.C2H6.CH4O/c1-5-13-6-8-15-16-11-14(12(2)20)7-9-17(16)19(3,4)21-18(15)10-13;2*1-2/h6-8,10,16-17H,2,5,9,11,20H2,1,3-4H3;1-2H3;2H,1H3. The first-order chi connectivity index (χ1) is 11.9. The van der Waals surface area contributed by atoms with E-state index in [-0.39, 0.29) is 5.60 Å². The van der Waals surface area contributed by atoms with E-state index in [0.717, 1.165) is 32.1 Å². The van der Waals surface area contributed by atoms with Crippen LogP contribution in [0.1, 0.15) is 64.5 Å². The van der Waals surface area contributed by atoms with Crippen LogP contribution < -0.4 is 10.5 Å². The van der Waals surface area contributed by atoms with Crippen molar-refractivity contribution in [2.24, 2.45) is 11.7 Å². The summed E-state index contributed by atoms with van der Waals surface area (Å²) in [5.41, 5.74) is 10.4. The summed E-state index contributed by atoms with van der Waals surface area (Å²) in [5.74, 6) is 2.04. The fraction of sp³-hybridized carbons (Fsp3) is 0.545. The summed E-state index contributed by atoms with van der Waals surface area (Å²) in [6, 6.07) is 6.69. The number of aliphatic hydroxyl groups excluding tert-OH is 1. The molecule has 0 radical (unpaired) electrons. The van der Waals surface area contributed by atoms with Crippen LogP contribution in [0.2, 0.25) is 0 Å². The van der Waals surface area contributed by atoms with E-state index in [0.29, 0.717) is 17.5 Å². The number of allylic oxidation sites excluding steroid dienone is 2. The van der Waals surface area contributed by atoms with Crippen LogP contribution >= 0.6 is 0 Å². The molecule has 2 aliphatic rings. The molecule has 25 heavy (non-hydrogen) atoms. The minimum absolute atomic E-state index is 0.137. The van der Waals surface area contributed by atoms with E-state index in [9.17, 15) is 0 Å². The summed E-state index contributed by atoms with van der Waals surface area (Å²) in [6.45, 7) is 14.5. The Labute approximate surface area is 153 Å². The van der Waals surface area contributed by atoms with Crippen LogP contribution in [0.5, 0.6) is 5.75 Å². The fourth-order valence-corrected chi connectivity index (χ4v) is 3.81. The first-order valence-corrected chi connectivity index (χ1v) is 9.32. The molecular weight excluding hydrogens is 310 g/mol. The summed E-state index contributed by atoms with van der Waals surface area (Å²) in [5, 5.41) is 7.00. The Bertz CT molecular complexity index is 616. The number of nitrogens with two attached hydrogens (primary N) is 1. The lowest BCUT2D eigenvalue weighted by Crippen LogP contribution is -2.45. The zero-order valence-corrected chi connectivity index (χ0v) is 16.7. The van der Waals surface area contributed by atoms with Gasteiger partial charge in [-0.1, -0.05) is 45.6 Å². The lowest BCUT2D eigenvalue weighted by Gasteiger charge is -2.47.